The molecule has 3 rings (SSSR count). The third kappa shape index (κ3) is 4.61. The number of benzene rings is 2. The molecule has 162 valence electrons. The maximum atomic E-state index is 12.6. The summed E-state index contributed by atoms with van der Waals surface area (Å²) in [6.07, 6.45) is 0. The molecule has 0 atom stereocenters. The molecule has 0 unspecified atom stereocenters. The number of para-hydroxylation sites is 1. The van der Waals surface area contributed by atoms with E-state index in [2.05, 4.69) is 16.0 Å². The van der Waals surface area contributed by atoms with Crippen LogP contribution in [-0.4, -0.2) is 48.4 Å². The summed E-state index contributed by atoms with van der Waals surface area (Å²) in [5.41, 5.74) is 5.77. The fourth-order valence-corrected chi connectivity index (χ4v) is 4.06. The predicted octanol–water partition coefficient (Wildman–Crippen LogP) is 2.16. The predicted molar refractivity (Wildman–Crippen MR) is 116 cm³/mol. The highest BCUT2D eigenvalue weighted by molar-refractivity contribution is 7.89. The first-order valence-electron chi connectivity index (χ1n) is 9.06. The van der Waals surface area contributed by atoms with Crippen molar-refractivity contribution in [1.29, 1.82) is 0 Å². The zero-order valence-electron chi connectivity index (χ0n) is 17.0. The summed E-state index contributed by atoms with van der Waals surface area (Å²) in [5.74, 6) is -1.34. The van der Waals surface area contributed by atoms with Crippen LogP contribution in [0.1, 0.15) is 26.4 Å². The Morgan fingerprint density at radius 2 is 1.65 bits per heavy atom. The Morgan fingerprint density at radius 1 is 1.00 bits per heavy atom. The maximum Gasteiger partial charge on any atom is 0.274 e. The summed E-state index contributed by atoms with van der Waals surface area (Å²) in [4.78, 5) is 25.0. The van der Waals surface area contributed by atoms with Gasteiger partial charge in [-0.3, -0.25) is 20.4 Å². The first kappa shape index (κ1) is 22.5. The van der Waals surface area contributed by atoms with E-state index in [1.54, 1.807) is 19.1 Å². The topological polar surface area (TPSA) is 113 Å². The summed E-state index contributed by atoms with van der Waals surface area (Å²) >= 11 is 6.35. The van der Waals surface area contributed by atoms with E-state index < -0.39 is 21.8 Å². The second-order valence-electron chi connectivity index (χ2n) is 6.72. The van der Waals surface area contributed by atoms with Crippen LogP contribution in [0.5, 0.6) is 0 Å². The number of halogens is 1. The third-order valence-corrected chi connectivity index (χ3v) is 6.56. The van der Waals surface area contributed by atoms with Crippen LogP contribution in [0.15, 0.2) is 59.5 Å². The zero-order chi connectivity index (χ0) is 22.8. The Bertz CT molecular complexity index is 1240. The van der Waals surface area contributed by atoms with Crippen molar-refractivity contribution in [2.45, 2.75) is 11.8 Å². The van der Waals surface area contributed by atoms with Crippen LogP contribution in [0.2, 0.25) is 5.15 Å². The van der Waals surface area contributed by atoms with Crippen molar-refractivity contribution in [3.63, 3.8) is 0 Å². The molecule has 9 nitrogen and oxygen atoms in total. The molecule has 0 radical (unpaired) electrons. The molecule has 0 aliphatic heterocycles. The average molecular weight is 462 g/mol. The first-order valence-corrected chi connectivity index (χ1v) is 10.9. The molecule has 3 aromatic rings. The number of sulfonamides is 1. The summed E-state index contributed by atoms with van der Waals surface area (Å²) in [6.45, 7) is 1.62. The van der Waals surface area contributed by atoms with Crippen LogP contribution >= 0.6 is 11.6 Å². The van der Waals surface area contributed by atoms with Gasteiger partial charge in [-0.15, -0.1) is 0 Å². The molecule has 2 amide bonds. The lowest BCUT2D eigenvalue weighted by Crippen LogP contribution is -2.42. The Hall–Kier alpha value is -3.21. The number of carbonyl (C=O) groups is 2. The lowest BCUT2D eigenvalue weighted by molar-refractivity contribution is 0.0846. The van der Waals surface area contributed by atoms with E-state index in [4.69, 9.17) is 11.6 Å². The van der Waals surface area contributed by atoms with Crippen molar-refractivity contribution in [2.24, 2.45) is 0 Å². The van der Waals surface area contributed by atoms with Crippen LogP contribution in [0, 0.1) is 6.92 Å². The van der Waals surface area contributed by atoms with Crippen LogP contribution < -0.4 is 10.9 Å². The van der Waals surface area contributed by atoms with E-state index in [1.807, 2.05) is 18.2 Å². The summed E-state index contributed by atoms with van der Waals surface area (Å²) in [5, 5.41) is 4.37. The van der Waals surface area contributed by atoms with Gasteiger partial charge in [0.15, 0.2) is 0 Å². The number of aromatic nitrogens is 2. The molecule has 0 aliphatic rings. The van der Waals surface area contributed by atoms with Crippen LogP contribution in [-0.2, 0) is 10.0 Å². The number of nitrogens with zero attached hydrogens (tertiary/aromatic N) is 3. The van der Waals surface area contributed by atoms with Crippen molar-refractivity contribution in [1.82, 2.24) is 24.9 Å². The summed E-state index contributed by atoms with van der Waals surface area (Å²) < 4.78 is 27.0. The number of aryl methyl sites for hydroxylation is 1. The van der Waals surface area contributed by atoms with Crippen LogP contribution in [0.4, 0.5) is 0 Å². The molecule has 0 spiro atoms. The average Bonchev–Trinajstić information content (AvgIpc) is 3.06. The van der Waals surface area contributed by atoms with Gasteiger partial charge in [0, 0.05) is 19.7 Å². The molecule has 2 N–H and O–H groups in total. The highest BCUT2D eigenvalue weighted by Crippen LogP contribution is 2.23. The van der Waals surface area contributed by atoms with Crippen molar-refractivity contribution in [2.75, 3.05) is 14.1 Å². The van der Waals surface area contributed by atoms with Crippen molar-refractivity contribution in [3.05, 3.63) is 76.6 Å². The number of carbonyl (C=O) groups excluding carboxylic acids is 2. The van der Waals surface area contributed by atoms with E-state index in [9.17, 15) is 18.0 Å². The minimum atomic E-state index is -3.70. The number of rotatable bonds is 5. The highest BCUT2D eigenvalue weighted by Gasteiger charge is 2.22. The van der Waals surface area contributed by atoms with Crippen molar-refractivity contribution in [3.8, 4) is 5.69 Å². The number of nitrogens with one attached hydrogen (secondary N) is 2. The molecule has 0 bridgehead atoms. The largest absolute Gasteiger partial charge is 0.274 e. The van der Waals surface area contributed by atoms with Gasteiger partial charge in [0.05, 0.1) is 16.3 Å². The SMILES string of the molecule is Cc1nn(-c2ccccc2)c(Cl)c1C(=O)NNC(=O)c1cccc(S(=O)(=O)N(C)C)c1. The molecule has 2 aromatic carbocycles. The van der Waals surface area contributed by atoms with E-state index in [0.29, 0.717) is 11.4 Å². The molecule has 1 heterocycles. The minimum Gasteiger partial charge on any atom is -0.267 e. The second kappa shape index (κ2) is 8.88. The fourth-order valence-electron chi connectivity index (χ4n) is 2.75. The summed E-state index contributed by atoms with van der Waals surface area (Å²) in [6, 6.07) is 14.5. The van der Waals surface area contributed by atoms with Crippen molar-refractivity contribution < 1.29 is 18.0 Å². The normalized spacial score (nSPS) is 11.4. The molecule has 31 heavy (non-hydrogen) atoms. The minimum absolute atomic E-state index is 0.0421. The molecular formula is C20H20ClN5O4S. The maximum absolute atomic E-state index is 12.6. The van der Waals surface area contributed by atoms with E-state index in [0.717, 1.165) is 4.31 Å². The Morgan fingerprint density at radius 3 is 2.29 bits per heavy atom. The van der Waals surface area contributed by atoms with Gasteiger partial charge < -0.3 is 0 Å². The highest BCUT2D eigenvalue weighted by atomic mass is 35.5. The first-order chi connectivity index (χ1) is 14.6. The van der Waals surface area contributed by atoms with E-state index in [1.165, 1.54) is 43.0 Å². The lowest BCUT2D eigenvalue weighted by atomic mass is 10.2. The Labute approximate surface area is 184 Å². The van der Waals surface area contributed by atoms with Crippen LogP contribution in [0.3, 0.4) is 0 Å². The number of hydrogen-bond donors (Lipinski definition) is 2. The monoisotopic (exact) mass is 461 g/mol. The smallest absolute Gasteiger partial charge is 0.267 e. The van der Waals surface area contributed by atoms with Gasteiger partial charge in [-0.1, -0.05) is 35.9 Å². The molecule has 1 aromatic heterocycles. The standard InChI is InChI=1S/C20H20ClN5O4S/c1-13-17(18(21)26(24-13)15-9-5-4-6-10-15)20(28)23-22-19(27)14-8-7-11-16(12-14)31(29,30)25(2)3/h4-12H,1-3H3,(H,22,27)(H,23,28). The summed E-state index contributed by atoms with van der Waals surface area (Å²) in [7, 11) is -0.919. The Kier molecular flexibility index (Phi) is 6.44. The van der Waals surface area contributed by atoms with Crippen molar-refractivity contribution >= 4 is 33.4 Å². The van der Waals surface area contributed by atoms with Gasteiger partial charge in [0.25, 0.3) is 11.8 Å². The quantitative estimate of drug-likeness (QED) is 0.565. The van der Waals surface area contributed by atoms with Gasteiger partial charge in [-0.05, 0) is 37.3 Å². The van der Waals surface area contributed by atoms with Gasteiger partial charge in [-0.25, -0.2) is 17.4 Å². The van der Waals surface area contributed by atoms with Gasteiger partial charge >= 0.3 is 0 Å². The number of hydrazine groups is 1. The zero-order valence-corrected chi connectivity index (χ0v) is 18.5. The molecule has 0 aliphatic carbocycles. The van der Waals surface area contributed by atoms with Gasteiger partial charge in [-0.2, -0.15) is 5.10 Å². The van der Waals surface area contributed by atoms with Gasteiger partial charge in [0.1, 0.15) is 10.7 Å². The lowest BCUT2D eigenvalue weighted by Gasteiger charge is -2.12. The van der Waals surface area contributed by atoms with Gasteiger partial charge in [0.2, 0.25) is 10.0 Å². The molecule has 11 heteroatoms. The Balaban J connectivity index is 1.76. The van der Waals surface area contributed by atoms with E-state index >= 15 is 0 Å². The van der Waals surface area contributed by atoms with E-state index in [-0.39, 0.29) is 21.2 Å². The van der Waals surface area contributed by atoms with Crippen LogP contribution in [0.25, 0.3) is 5.69 Å². The number of hydrogen-bond acceptors (Lipinski definition) is 5. The fraction of sp³-hybridized carbons (Fsp3) is 0.150. The number of amides is 2. The molecule has 0 saturated carbocycles. The molecule has 0 saturated heterocycles. The second-order valence-corrected chi connectivity index (χ2v) is 9.23. The molecular weight excluding hydrogens is 442 g/mol. The third-order valence-electron chi connectivity index (χ3n) is 4.40. The molecule has 0 fully saturated rings.